The lowest BCUT2D eigenvalue weighted by Gasteiger charge is -2.41. The molecule has 1 saturated heterocycles. The predicted molar refractivity (Wildman–Crippen MR) is 135 cm³/mol. The number of nitrogens with zero attached hydrogens (tertiary/aromatic N) is 2. The molecule has 1 atom stereocenters. The van der Waals surface area contributed by atoms with Crippen LogP contribution in [0.2, 0.25) is 5.02 Å². The van der Waals surface area contributed by atoms with Gasteiger partial charge in [-0.05, 0) is 54.3 Å². The highest BCUT2D eigenvalue weighted by atomic mass is 35.5. The van der Waals surface area contributed by atoms with Gasteiger partial charge in [0.2, 0.25) is 0 Å². The topological polar surface area (TPSA) is 52.7 Å². The molecule has 0 radical (unpaired) electrons. The molecule has 5 rings (SSSR count). The van der Waals surface area contributed by atoms with Crippen LogP contribution < -0.4 is 10.2 Å². The Kier molecular flexibility index (Phi) is 6.23. The number of piperazine rings is 1. The van der Waals surface area contributed by atoms with Gasteiger partial charge in [-0.1, -0.05) is 50.4 Å². The number of halogens is 1. The zero-order chi connectivity index (χ0) is 23.2. The highest BCUT2D eigenvalue weighted by molar-refractivity contribution is 7.91. The van der Waals surface area contributed by atoms with Crippen LogP contribution >= 0.6 is 11.6 Å². The monoisotopic (exact) mass is 487 g/mol. The molecule has 2 aromatic carbocycles. The smallest absolute Gasteiger partial charge is 0.198 e. The van der Waals surface area contributed by atoms with Crippen LogP contribution in [0.4, 0.5) is 5.69 Å². The highest BCUT2D eigenvalue weighted by Crippen LogP contribution is 2.41. The van der Waals surface area contributed by atoms with Gasteiger partial charge in [0, 0.05) is 54.9 Å². The lowest BCUT2D eigenvalue weighted by molar-refractivity contribution is 0.187. The minimum atomic E-state index is -3.64. The molecule has 2 heterocycles. The fourth-order valence-corrected chi connectivity index (χ4v) is 7.72. The van der Waals surface area contributed by atoms with E-state index in [0.29, 0.717) is 11.6 Å². The SMILES string of the molecule is CC1(C)CNC(S(=O)(=O)c2cccc(Cl)c2)c2cc(N3CCN(C4CCCC4)CC3)ccc21. The van der Waals surface area contributed by atoms with E-state index in [1.165, 1.54) is 25.7 Å². The van der Waals surface area contributed by atoms with E-state index >= 15 is 0 Å². The van der Waals surface area contributed by atoms with Gasteiger partial charge in [-0.3, -0.25) is 10.2 Å². The predicted octanol–water partition coefficient (Wildman–Crippen LogP) is 4.76. The van der Waals surface area contributed by atoms with Gasteiger partial charge in [0.25, 0.3) is 0 Å². The van der Waals surface area contributed by atoms with Crippen LogP contribution in [0.3, 0.4) is 0 Å². The van der Waals surface area contributed by atoms with Crippen molar-refractivity contribution < 1.29 is 8.42 Å². The van der Waals surface area contributed by atoms with Crippen LogP contribution in [0.5, 0.6) is 0 Å². The number of nitrogens with one attached hydrogen (secondary N) is 1. The molecule has 33 heavy (non-hydrogen) atoms. The second kappa shape index (κ2) is 8.88. The van der Waals surface area contributed by atoms with Crippen LogP contribution in [0.25, 0.3) is 0 Å². The minimum Gasteiger partial charge on any atom is -0.369 e. The Morgan fingerprint density at radius 3 is 2.42 bits per heavy atom. The van der Waals surface area contributed by atoms with Crippen molar-refractivity contribution in [3.63, 3.8) is 0 Å². The summed E-state index contributed by atoms with van der Waals surface area (Å²) in [7, 11) is -3.64. The third-order valence-corrected chi connectivity index (χ3v) is 9.92. The summed E-state index contributed by atoms with van der Waals surface area (Å²) in [5, 5.41) is 2.99. The molecule has 0 spiro atoms. The number of fused-ring (bicyclic) bond motifs is 1. The van der Waals surface area contributed by atoms with Crippen LogP contribution in [0, 0.1) is 0 Å². The summed E-state index contributed by atoms with van der Waals surface area (Å²) in [6.07, 6.45) is 5.40. The van der Waals surface area contributed by atoms with Crippen molar-refractivity contribution in [2.24, 2.45) is 0 Å². The minimum absolute atomic E-state index is 0.143. The largest absolute Gasteiger partial charge is 0.369 e. The molecule has 0 amide bonds. The van der Waals surface area contributed by atoms with Crippen LogP contribution in [0.15, 0.2) is 47.4 Å². The van der Waals surface area contributed by atoms with Crippen LogP contribution in [-0.2, 0) is 15.3 Å². The maximum atomic E-state index is 13.6. The normalized spacial score (nSPS) is 24.1. The second-order valence-corrected chi connectivity index (χ2v) is 12.8. The van der Waals surface area contributed by atoms with Gasteiger partial charge in [0.05, 0.1) is 4.90 Å². The van der Waals surface area contributed by atoms with Crippen molar-refractivity contribution in [2.75, 3.05) is 37.6 Å². The Bertz CT molecular complexity index is 1120. The zero-order valence-corrected chi connectivity index (χ0v) is 21.1. The Labute approximate surface area is 203 Å². The maximum Gasteiger partial charge on any atom is 0.198 e. The first-order valence-electron chi connectivity index (χ1n) is 12.1. The number of hydrogen-bond acceptors (Lipinski definition) is 5. The van der Waals surface area contributed by atoms with E-state index < -0.39 is 15.2 Å². The van der Waals surface area contributed by atoms with E-state index in [4.69, 9.17) is 11.6 Å². The summed E-state index contributed by atoms with van der Waals surface area (Å²) < 4.78 is 27.3. The molecule has 1 unspecified atom stereocenters. The van der Waals surface area contributed by atoms with Crippen LogP contribution in [-0.4, -0.2) is 52.1 Å². The van der Waals surface area contributed by atoms with Gasteiger partial charge < -0.3 is 4.90 Å². The number of anilines is 1. The molecule has 3 aliphatic rings. The summed E-state index contributed by atoms with van der Waals surface area (Å²) in [6.45, 7) is 9.06. The lowest BCUT2D eigenvalue weighted by Crippen LogP contribution is -2.50. The molecule has 2 aliphatic heterocycles. The van der Waals surface area contributed by atoms with E-state index in [9.17, 15) is 8.42 Å². The van der Waals surface area contributed by atoms with Gasteiger partial charge >= 0.3 is 0 Å². The standard InChI is InChI=1S/C26H34ClN3O2S/c1-26(2)18-28-25(33(31,32)22-9-5-6-19(27)16-22)23-17-21(10-11-24(23)26)30-14-12-29(13-15-30)20-7-3-4-8-20/h5-6,9-11,16-17,20,25,28H,3-4,7-8,12-15,18H2,1-2H3. The summed E-state index contributed by atoms with van der Waals surface area (Å²) in [6, 6.07) is 13.8. The van der Waals surface area contributed by atoms with E-state index in [1.807, 2.05) is 0 Å². The highest BCUT2D eigenvalue weighted by Gasteiger charge is 2.40. The Morgan fingerprint density at radius 1 is 1.00 bits per heavy atom. The molecule has 0 aromatic heterocycles. The maximum absolute atomic E-state index is 13.6. The first-order chi connectivity index (χ1) is 15.8. The van der Waals surface area contributed by atoms with E-state index in [0.717, 1.165) is 49.0 Å². The van der Waals surface area contributed by atoms with Crippen molar-refractivity contribution in [3.8, 4) is 0 Å². The Balaban J connectivity index is 1.45. The average Bonchev–Trinajstić information content (AvgIpc) is 3.34. The van der Waals surface area contributed by atoms with Crippen molar-refractivity contribution in [2.45, 2.75) is 61.3 Å². The first kappa shape index (κ1) is 23.2. The van der Waals surface area contributed by atoms with Gasteiger partial charge in [0.15, 0.2) is 9.84 Å². The van der Waals surface area contributed by atoms with Crippen LogP contribution in [0.1, 0.15) is 56.0 Å². The van der Waals surface area contributed by atoms with Gasteiger partial charge in [-0.25, -0.2) is 8.42 Å². The van der Waals surface area contributed by atoms with Crippen molar-refractivity contribution in [3.05, 3.63) is 58.6 Å². The number of hydrogen-bond donors (Lipinski definition) is 1. The summed E-state index contributed by atoms with van der Waals surface area (Å²) >= 11 is 6.13. The quantitative estimate of drug-likeness (QED) is 0.674. The lowest BCUT2D eigenvalue weighted by atomic mass is 9.79. The molecule has 2 aromatic rings. The number of sulfone groups is 1. The second-order valence-electron chi connectivity index (χ2n) is 10.4. The van der Waals surface area contributed by atoms with Crippen molar-refractivity contribution >= 4 is 27.1 Å². The van der Waals surface area contributed by atoms with E-state index in [2.05, 4.69) is 47.2 Å². The molecule has 1 aliphatic carbocycles. The fraction of sp³-hybridized carbons (Fsp3) is 0.538. The average molecular weight is 488 g/mol. The molecule has 1 saturated carbocycles. The fourth-order valence-electron chi connectivity index (χ4n) is 5.80. The van der Waals surface area contributed by atoms with Gasteiger partial charge in [0.1, 0.15) is 5.37 Å². The molecule has 5 nitrogen and oxygen atoms in total. The number of benzene rings is 2. The first-order valence-corrected chi connectivity index (χ1v) is 14.0. The Morgan fingerprint density at radius 2 is 1.73 bits per heavy atom. The molecule has 2 fully saturated rings. The van der Waals surface area contributed by atoms with E-state index in [-0.39, 0.29) is 10.3 Å². The van der Waals surface area contributed by atoms with Crippen molar-refractivity contribution in [1.82, 2.24) is 10.2 Å². The molecule has 1 N–H and O–H groups in total. The van der Waals surface area contributed by atoms with E-state index in [1.54, 1.807) is 24.3 Å². The third kappa shape index (κ3) is 4.43. The molecule has 7 heteroatoms. The summed E-state index contributed by atoms with van der Waals surface area (Å²) in [4.78, 5) is 5.32. The zero-order valence-electron chi connectivity index (χ0n) is 19.6. The van der Waals surface area contributed by atoms with Crippen molar-refractivity contribution in [1.29, 1.82) is 0 Å². The molecule has 0 bridgehead atoms. The molecular formula is C26H34ClN3O2S. The molecule has 178 valence electrons. The van der Waals surface area contributed by atoms with Gasteiger partial charge in [-0.2, -0.15) is 0 Å². The third-order valence-electron chi connectivity index (χ3n) is 7.73. The molecular weight excluding hydrogens is 454 g/mol. The van der Waals surface area contributed by atoms with Gasteiger partial charge in [-0.15, -0.1) is 0 Å². The summed E-state index contributed by atoms with van der Waals surface area (Å²) in [5.74, 6) is 0. The Hall–Kier alpha value is -1.60. The number of rotatable bonds is 4. The summed E-state index contributed by atoms with van der Waals surface area (Å²) in [5.41, 5.74) is 2.94.